The van der Waals surface area contributed by atoms with Gasteiger partial charge in [0.1, 0.15) is 5.82 Å². The van der Waals surface area contributed by atoms with Crippen LogP contribution in [0.3, 0.4) is 0 Å². The van der Waals surface area contributed by atoms with Crippen molar-refractivity contribution < 1.29 is 14.3 Å². The summed E-state index contributed by atoms with van der Waals surface area (Å²) in [5.41, 5.74) is 0.919. The van der Waals surface area contributed by atoms with Gasteiger partial charge < -0.3 is 15.7 Å². The Morgan fingerprint density at radius 2 is 2.00 bits per heavy atom. The largest absolute Gasteiger partial charge is 0.391 e. The fraction of sp³-hybridized carbons (Fsp3) is 0.533. The Hall–Kier alpha value is -1.62. The lowest BCUT2D eigenvalue weighted by molar-refractivity contribution is 0.104. The maximum atomic E-state index is 13.6. The monoisotopic (exact) mass is 282 g/mol. The Morgan fingerprint density at radius 3 is 2.55 bits per heavy atom. The number of carbonyl (C=O) groups excluding carboxylic acids is 1. The van der Waals surface area contributed by atoms with Crippen molar-refractivity contribution in [1.82, 2.24) is 5.32 Å². The first-order valence-electron chi connectivity index (χ1n) is 6.97. The van der Waals surface area contributed by atoms with Gasteiger partial charge in [0, 0.05) is 6.54 Å². The molecule has 0 spiro atoms. The predicted octanol–water partition coefficient (Wildman–Crippen LogP) is 3.05. The van der Waals surface area contributed by atoms with Gasteiger partial charge in [-0.15, -0.1) is 0 Å². The number of halogens is 1. The molecule has 1 rings (SSSR count). The summed E-state index contributed by atoms with van der Waals surface area (Å²) in [5.74, 6) is -0.313. The molecular formula is C15H23FN2O2. The number of hydrogen-bond donors (Lipinski definition) is 3. The number of amides is 2. The second kappa shape index (κ2) is 7.85. The molecule has 0 aliphatic heterocycles. The molecule has 0 bridgehead atoms. The van der Waals surface area contributed by atoms with Crippen molar-refractivity contribution in [1.29, 1.82) is 0 Å². The van der Waals surface area contributed by atoms with Crippen LogP contribution in [0.25, 0.3) is 0 Å². The Balaban J connectivity index is 2.48. The van der Waals surface area contributed by atoms with Gasteiger partial charge in [-0.1, -0.05) is 32.8 Å². The molecule has 0 saturated carbocycles. The Bertz CT molecular complexity index is 447. The van der Waals surface area contributed by atoms with E-state index in [-0.39, 0.29) is 18.2 Å². The number of anilines is 1. The van der Waals surface area contributed by atoms with E-state index in [4.69, 9.17) is 0 Å². The molecule has 5 heteroatoms. The molecule has 0 aromatic heterocycles. The minimum Gasteiger partial charge on any atom is -0.391 e. The first-order chi connectivity index (χ1) is 9.47. The van der Waals surface area contributed by atoms with Gasteiger partial charge in [-0.05, 0) is 30.5 Å². The van der Waals surface area contributed by atoms with E-state index in [1.165, 1.54) is 12.1 Å². The van der Waals surface area contributed by atoms with Crippen LogP contribution in [0.5, 0.6) is 0 Å². The maximum absolute atomic E-state index is 13.6. The summed E-state index contributed by atoms with van der Waals surface area (Å²) in [4.78, 5) is 11.7. The molecule has 0 aliphatic carbocycles. The van der Waals surface area contributed by atoms with Crippen LogP contribution in [0.2, 0.25) is 0 Å². The van der Waals surface area contributed by atoms with Crippen molar-refractivity contribution in [3.05, 3.63) is 29.6 Å². The first kappa shape index (κ1) is 16.4. The minimum atomic E-state index is -0.585. The molecule has 0 aliphatic rings. The second-order valence-electron chi connectivity index (χ2n) is 4.96. The number of hydrogen-bond acceptors (Lipinski definition) is 2. The summed E-state index contributed by atoms with van der Waals surface area (Å²) in [7, 11) is 0. The molecule has 1 atom stereocenters. The fourth-order valence-corrected chi connectivity index (χ4v) is 2.08. The summed E-state index contributed by atoms with van der Waals surface area (Å²) in [6, 6.07) is 4.08. The van der Waals surface area contributed by atoms with Gasteiger partial charge in [-0.25, -0.2) is 9.18 Å². The minimum absolute atomic E-state index is 0.130. The number of benzene rings is 1. The van der Waals surface area contributed by atoms with Crippen LogP contribution in [-0.2, 0) is 0 Å². The van der Waals surface area contributed by atoms with Crippen LogP contribution < -0.4 is 10.6 Å². The SMILES string of the molecule is CCC(CC)C(O)CNC(=O)Nc1ccc(C)cc1F. The molecule has 1 aromatic rings. The van der Waals surface area contributed by atoms with Crippen molar-refractivity contribution in [2.75, 3.05) is 11.9 Å². The van der Waals surface area contributed by atoms with E-state index < -0.39 is 18.0 Å². The highest BCUT2D eigenvalue weighted by molar-refractivity contribution is 5.89. The Labute approximate surface area is 119 Å². The Kier molecular flexibility index (Phi) is 6.45. The Morgan fingerprint density at radius 1 is 1.35 bits per heavy atom. The smallest absolute Gasteiger partial charge is 0.319 e. The van der Waals surface area contributed by atoms with Gasteiger partial charge >= 0.3 is 6.03 Å². The molecular weight excluding hydrogens is 259 g/mol. The summed E-state index contributed by atoms with van der Waals surface area (Å²) in [5, 5.41) is 14.9. The maximum Gasteiger partial charge on any atom is 0.319 e. The van der Waals surface area contributed by atoms with Crippen LogP contribution in [0, 0.1) is 18.7 Å². The number of nitrogens with one attached hydrogen (secondary N) is 2. The zero-order chi connectivity index (χ0) is 15.1. The second-order valence-corrected chi connectivity index (χ2v) is 4.96. The van der Waals surface area contributed by atoms with Crippen molar-refractivity contribution in [3.63, 3.8) is 0 Å². The quantitative estimate of drug-likeness (QED) is 0.751. The van der Waals surface area contributed by atoms with Crippen molar-refractivity contribution in [3.8, 4) is 0 Å². The molecule has 3 N–H and O–H groups in total. The topological polar surface area (TPSA) is 61.4 Å². The van der Waals surface area contributed by atoms with Gasteiger partial charge in [0.15, 0.2) is 0 Å². The number of rotatable bonds is 6. The van der Waals surface area contributed by atoms with E-state index in [2.05, 4.69) is 10.6 Å². The van der Waals surface area contributed by atoms with Gasteiger partial charge in [0.25, 0.3) is 0 Å². The van der Waals surface area contributed by atoms with E-state index in [0.717, 1.165) is 18.4 Å². The van der Waals surface area contributed by atoms with Crippen molar-refractivity contribution in [2.45, 2.75) is 39.7 Å². The highest BCUT2D eigenvalue weighted by Gasteiger charge is 2.16. The first-order valence-corrected chi connectivity index (χ1v) is 6.97. The van der Waals surface area contributed by atoms with Crippen LogP contribution in [-0.4, -0.2) is 23.8 Å². The fourth-order valence-electron chi connectivity index (χ4n) is 2.08. The van der Waals surface area contributed by atoms with Gasteiger partial charge in [-0.3, -0.25) is 0 Å². The van der Waals surface area contributed by atoms with Crippen molar-refractivity contribution in [2.24, 2.45) is 5.92 Å². The van der Waals surface area contributed by atoms with Crippen LogP contribution >= 0.6 is 0 Å². The molecule has 1 aromatic carbocycles. The normalized spacial score (nSPS) is 12.3. The number of carbonyl (C=O) groups is 1. The number of urea groups is 1. The standard InChI is InChI=1S/C15H23FN2O2/c1-4-11(5-2)14(19)9-17-15(20)18-13-7-6-10(3)8-12(13)16/h6-8,11,14,19H,4-5,9H2,1-3H3,(H2,17,18,20). The molecule has 20 heavy (non-hydrogen) atoms. The lowest BCUT2D eigenvalue weighted by atomic mass is 9.97. The summed E-state index contributed by atoms with van der Waals surface area (Å²) >= 11 is 0. The lowest BCUT2D eigenvalue weighted by Gasteiger charge is -2.20. The molecule has 4 nitrogen and oxygen atoms in total. The number of aryl methyl sites for hydroxylation is 1. The zero-order valence-corrected chi connectivity index (χ0v) is 12.2. The predicted molar refractivity (Wildman–Crippen MR) is 78.2 cm³/mol. The summed E-state index contributed by atoms with van der Waals surface area (Å²) in [6.45, 7) is 5.93. The molecule has 0 radical (unpaired) electrons. The van der Waals surface area contributed by atoms with E-state index in [9.17, 15) is 14.3 Å². The van der Waals surface area contributed by atoms with E-state index >= 15 is 0 Å². The molecule has 0 saturated heterocycles. The summed E-state index contributed by atoms with van der Waals surface area (Å²) < 4.78 is 13.6. The van der Waals surface area contributed by atoms with Gasteiger partial charge in [-0.2, -0.15) is 0 Å². The zero-order valence-electron chi connectivity index (χ0n) is 12.2. The van der Waals surface area contributed by atoms with Crippen LogP contribution in [0.1, 0.15) is 32.3 Å². The summed E-state index contributed by atoms with van der Waals surface area (Å²) in [6.07, 6.45) is 1.12. The van der Waals surface area contributed by atoms with E-state index in [1.807, 2.05) is 13.8 Å². The average molecular weight is 282 g/mol. The number of aliphatic hydroxyl groups is 1. The third kappa shape index (κ3) is 4.81. The molecule has 1 unspecified atom stereocenters. The highest BCUT2D eigenvalue weighted by atomic mass is 19.1. The van der Waals surface area contributed by atoms with Gasteiger partial charge in [0.2, 0.25) is 0 Å². The van der Waals surface area contributed by atoms with E-state index in [0.29, 0.717) is 0 Å². The third-order valence-electron chi connectivity index (χ3n) is 3.44. The molecule has 0 fully saturated rings. The average Bonchev–Trinajstić information content (AvgIpc) is 2.41. The van der Waals surface area contributed by atoms with Gasteiger partial charge in [0.05, 0.1) is 11.8 Å². The molecule has 0 heterocycles. The molecule has 112 valence electrons. The molecule has 2 amide bonds. The van der Waals surface area contributed by atoms with Crippen molar-refractivity contribution >= 4 is 11.7 Å². The van der Waals surface area contributed by atoms with E-state index in [1.54, 1.807) is 13.0 Å². The highest BCUT2D eigenvalue weighted by Crippen LogP contribution is 2.15. The third-order valence-corrected chi connectivity index (χ3v) is 3.44. The lowest BCUT2D eigenvalue weighted by Crippen LogP contribution is -2.38. The van der Waals surface area contributed by atoms with Crippen LogP contribution in [0.15, 0.2) is 18.2 Å². The number of aliphatic hydroxyl groups excluding tert-OH is 1. The van der Waals surface area contributed by atoms with Crippen LogP contribution in [0.4, 0.5) is 14.9 Å².